The summed E-state index contributed by atoms with van der Waals surface area (Å²) in [6.07, 6.45) is 5.14. The molecule has 0 atom stereocenters. The highest BCUT2D eigenvalue weighted by Gasteiger charge is 2.40. The van der Waals surface area contributed by atoms with Gasteiger partial charge in [-0.25, -0.2) is 5.84 Å². The largest absolute Gasteiger partial charge is 0.293 e. The van der Waals surface area contributed by atoms with Crippen LogP contribution in [0.3, 0.4) is 0 Å². The second-order valence-electron chi connectivity index (χ2n) is 5.68. The van der Waals surface area contributed by atoms with Crippen LogP contribution < -0.4 is 11.3 Å². The zero-order valence-electron chi connectivity index (χ0n) is 11.6. The minimum absolute atomic E-state index is 0.0486. The molecule has 0 aliphatic heterocycles. The molecular weight excluding hydrogens is 248 g/mol. The summed E-state index contributed by atoms with van der Waals surface area (Å²) in [7, 11) is 0. The topological polar surface area (TPSA) is 55.1 Å². The van der Waals surface area contributed by atoms with Crippen LogP contribution in [0, 0.1) is 0 Å². The van der Waals surface area contributed by atoms with Crippen LogP contribution in [0.15, 0.2) is 42.5 Å². The molecule has 0 saturated heterocycles. The first-order chi connectivity index (χ1) is 9.76. The maximum atomic E-state index is 12.4. The Morgan fingerprint density at radius 2 is 1.70 bits per heavy atom. The van der Waals surface area contributed by atoms with Crippen LogP contribution in [0.5, 0.6) is 0 Å². The quantitative estimate of drug-likeness (QED) is 0.500. The van der Waals surface area contributed by atoms with E-state index in [9.17, 15) is 4.79 Å². The van der Waals surface area contributed by atoms with Gasteiger partial charge in [-0.1, -0.05) is 61.7 Å². The molecule has 3 N–H and O–H groups in total. The number of hydrogen-bond acceptors (Lipinski definition) is 2. The maximum absolute atomic E-state index is 12.4. The third-order valence-electron chi connectivity index (χ3n) is 4.57. The highest BCUT2D eigenvalue weighted by atomic mass is 16.2. The van der Waals surface area contributed by atoms with E-state index < -0.39 is 5.41 Å². The Kier molecular flexibility index (Phi) is 3.45. The Morgan fingerprint density at radius 3 is 2.40 bits per heavy atom. The van der Waals surface area contributed by atoms with E-state index >= 15 is 0 Å². The Labute approximate surface area is 119 Å². The number of benzene rings is 2. The van der Waals surface area contributed by atoms with Crippen molar-refractivity contribution in [2.24, 2.45) is 5.84 Å². The summed E-state index contributed by atoms with van der Waals surface area (Å²) in [6, 6.07) is 14.6. The molecule has 2 aromatic rings. The number of carbonyl (C=O) groups is 1. The molecule has 0 radical (unpaired) electrons. The summed E-state index contributed by atoms with van der Waals surface area (Å²) >= 11 is 0. The van der Waals surface area contributed by atoms with Crippen molar-refractivity contribution < 1.29 is 4.79 Å². The van der Waals surface area contributed by atoms with Crippen LogP contribution in [0.1, 0.15) is 37.7 Å². The summed E-state index contributed by atoms with van der Waals surface area (Å²) in [4.78, 5) is 12.4. The molecule has 0 unspecified atom stereocenters. The fourth-order valence-electron chi connectivity index (χ4n) is 3.43. The van der Waals surface area contributed by atoms with Crippen molar-refractivity contribution in [2.45, 2.75) is 37.5 Å². The highest BCUT2D eigenvalue weighted by molar-refractivity contribution is 5.90. The van der Waals surface area contributed by atoms with Crippen molar-refractivity contribution >= 4 is 16.7 Å². The summed E-state index contributed by atoms with van der Waals surface area (Å²) < 4.78 is 0. The Bertz CT molecular complexity index is 630. The molecule has 1 aliphatic rings. The first-order valence-corrected chi connectivity index (χ1v) is 7.27. The van der Waals surface area contributed by atoms with Gasteiger partial charge in [0.25, 0.3) is 0 Å². The fraction of sp³-hybridized carbons (Fsp3) is 0.353. The molecule has 0 heterocycles. The van der Waals surface area contributed by atoms with Crippen molar-refractivity contribution in [1.29, 1.82) is 0 Å². The summed E-state index contributed by atoms with van der Waals surface area (Å²) in [5, 5.41) is 2.38. The average Bonchev–Trinajstić information content (AvgIpc) is 2.54. The number of hydrogen-bond donors (Lipinski definition) is 2. The molecule has 0 spiro atoms. The number of nitrogens with one attached hydrogen (secondary N) is 1. The van der Waals surface area contributed by atoms with Crippen molar-refractivity contribution in [3.8, 4) is 0 Å². The zero-order chi connectivity index (χ0) is 14.0. The lowest BCUT2D eigenvalue weighted by Crippen LogP contribution is -2.48. The van der Waals surface area contributed by atoms with Crippen molar-refractivity contribution in [2.75, 3.05) is 0 Å². The molecule has 0 aromatic heterocycles. The van der Waals surface area contributed by atoms with Crippen molar-refractivity contribution in [3.05, 3.63) is 48.0 Å². The molecule has 3 heteroatoms. The predicted octanol–water partition coefficient (Wildman–Crippen LogP) is 3.03. The molecule has 3 nitrogen and oxygen atoms in total. The van der Waals surface area contributed by atoms with Gasteiger partial charge in [0, 0.05) is 0 Å². The number of carbonyl (C=O) groups excluding carboxylic acids is 1. The molecule has 3 rings (SSSR count). The zero-order valence-corrected chi connectivity index (χ0v) is 11.6. The normalized spacial score (nSPS) is 17.9. The van der Waals surface area contributed by atoms with Gasteiger partial charge in [0.15, 0.2) is 0 Å². The number of amides is 1. The van der Waals surface area contributed by atoms with E-state index in [0.717, 1.165) is 31.2 Å². The first-order valence-electron chi connectivity index (χ1n) is 7.27. The summed E-state index contributed by atoms with van der Waals surface area (Å²) in [6.45, 7) is 0. The van der Waals surface area contributed by atoms with E-state index in [1.54, 1.807) is 0 Å². The van der Waals surface area contributed by atoms with Crippen molar-refractivity contribution in [3.63, 3.8) is 0 Å². The van der Waals surface area contributed by atoms with Gasteiger partial charge in [-0.2, -0.15) is 0 Å². The van der Waals surface area contributed by atoms with E-state index in [0.29, 0.717) is 0 Å². The SMILES string of the molecule is NNC(=O)C1(c2ccc3ccccc3c2)CCCCC1. The lowest BCUT2D eigenvalue weighted by molar-refractivity contribution is -0.128. The molecule has 1 amide bonds. The van der Waals surface area contributed by atoms with E-state index in [2.05, 4.69) is 35.8 Å². The van der Waals surface area contributed by atoms with Crippen LogP contribution >= 0.6 is 0 Å². The molecule has 1 aliphatic carbocycles. The number of nitrogens with two attached hydrogens (primary N) is 1. The third-order valence-corrected chi connectivity index (χ3v) is 4.57. The number of fused-ring (bicyclic) bond motifs is 1. The first kappa shape index (κ1) is 13.1. The minimum atomic E-state index is -0.447. The van der Waals surface area contributed by atoms with Gasteiger partial charge in [0.2, 0.25) is 5.91 Å². The molecule has 20 heavy (non-hydrogen) atoms. The fourth-order valence-corrected chi connectivity index (χ4v) is 3.43. The lowest BCUT2D eigenvalue weighted by atomic mass is 9.68. The molecular formula is C17H20N2O. The smallest absolute Gasteiger partial charge is 0.244 e. The van der Waals surface area contributed by atoms with Crippen LogP contribution in [0.4, 0.5) is 0 Å². The predicted molar refractivity (Wildman–Crippen MR) is 81.0 cm³/mol. The van der Waals surface area contributed by atoms with Gasteiger partial charge in [-0.05, 0) is 29.2 Å². The molecule has 2 aromatic carbocycles. The standard InChI is InChI=1S/C17H20N2O/c18-19-16(20)17(10-4-1-5-11-17)15-9-8-13-6-2-3-7-14(13)12-15/h2-3,6-9,12H,1,4-5,10-11,18H2,(H,19,20). The second kappa shape index (κ2) is 5.25. The number of rotatable bonds is 2. The maximum Gasteiger partial charge on any atom is 0.244 e. The van der Waals surface area contributed by atoms with Gasteiger partial charge >= 0.3 is 0 Å². The van der Waals surface area contributed by atoms with E-state index in [-0.39, 0.29) is 5.91 Å². The van der Waals surface area contributed by atoms with Gasteiger partial charge in [0.1, 0.15) is 0 Å². The van der Waals surface area contributed by atoms with Crippen molar-refractivity contribution in [1.82, 2.24) is 5.43 Å². The van der Waals surface area contributed by atoms with Crippen LogP contribution in [0.25, 0.3) is 10.8 Å². The number of hydrazine groups is 1. The summed E-state index contributed by atoms with van der Waals surface area (Å²) in [5.74, 6) is 5.39. The minimum Gasteiger partial charge on any atom is -0.293 e. The Hall–Kier alpha value is -1.87. The lowest BCUT2D eigenvalue weighted by Gasteiger charge is -2.36. The third kappa shape index (κ3) is 2.08. The van der Waals surface area contributed by atoms with Gasteiger partial charge in [-0.15, -0.1) is 0 Å². The van der Waals surface area contributed by atoms with Gasteiger partial charge < -0.3 is 0 Å². The van der Waals surface area contributed by atoms with Gasteiger partial charge in [0.05, 0.1) is 5.41 Å². The average molecular weight is 268 g/mol. The van der Waals surface area contributed by atoms with Crippen LogP contribution in [-0.2, 0) is 10.2 Å². The molecule has 104 valence electrons. The monoisotopic (exact) mass is 268 g/mol. The Balaban J connectivity index is 2.11. The Morgan fingerprint density at radius 1 is 1.00 bits per heavy atom. The molecule has 1 saturated carbocycles. The van der Waals surface area contributed by atoms with E-state index in [4.69, 9.17) is 5.84 Å². The highest BCUT2D eigenvalue weighted by Crippen LogP contribution is 2.40. The van der Waals surface area contributed by atoms with E-state index in [1.165, 1.54) is 17.2 Å². The van der Waals surface area contributed by atoms with Crippen LogP contribution in [0.2, 0.25) is 0 Å². The molecule has 0 bridgehead atoms. The van der Waals surface area contributed by atoms with E-state index in [1.807, 2.05) is 12.1 Å². The van der Waals surface area contributed by atoms with Crippen LogP contribution in [-0.4, -0.2) is 5.91 Å². The molecule has 1 fully saturated rings. The van der Waals surface area contributed by atoms with Gasteiger partial charge in [-0.3, -0.25) is 10.2 Å². The summed E-state index contributed by atoms with van der Waals surface area (Å²) in [5.41, 5.74) is 3.03. The second-order valence-corrected chi connectivity index (χ2v) is 5.68.